The van der Waals surface area contributed by atoms with Crippen LogP contribution in [0.5, 0.6) is 0 Å². The zero-order valence-corrected chi connectivity index (χ0v) is 13.5. The van der Waals surface area contributed by atoms with E-state index in [0.29, 0.717) is 23.9 Å². The van der Waals surface area contributed by atoms with Crippen LogP contribution in [0.3, 0.4) is 0 Å². The maximum absolute atomic E-state index is 6.08. The van der Waals surface area contributed by atoms with Crippen LogP contribution in [-0.4, -0.2) is 31.8 Å². The van der Waals surface area contributed by atoms with E-state index in [2.05, 4.69) is 33.0 Å². The van der Waals surface area contributed by atoms with Gasteiger partial charge in [0.25, 0.3) is 0 Å². The lowest BCUT2D eigenvalue weighted by molar-refractivity contribution is 0.0301. The van der Waals surface area contributed by atoms with E-state index in [1.807, 2.05) is 7.11 Å². The van der Waals surface area contributed by atoms with Crippen molar-refractivity contribution in [3.05, 3.63) is 0 Å². The fourth-order valence-corrected chi connectivity index (χ4v) is 3.50. The van der Waals surface area contributed by atoms with Gasteiger partial charge in [-0.15, -0.1) is 0 Å². The number of methoxy groups -OCH3 is 1. The van der Waals surface area contributed by atoms with E-state index in [1.54, 1.807) is 0 Å². The van der Waals surface area contributed by atoms with Crippen molar-refractivity contribution < 1.29 is 4.74 Å². The van der Waals surface area contributed by atoms with Gasteiger partial charge in [-0.1, -0.05) is 27.7 Å². The van der Waals surface area contributed by atoms with Gasteiger partial charge in [0.15, 0.2) is 0 Å². The molecule has 0 aliphatic heterocycles. The molecule has 1 aliphatic rings. The molecule has 0 heterocycles. The lowest BCUT2D eigenvalue weighted by atomic mass is 9.78. The molecule has 114 valence electrons. The average molecular weight is 270 g/mol. The fourth-order valence-electron chi connectivity index (χ4n) is 3.50. The van der Waals surface area contributed by atoms with Crippen molar-refractivity contribution in [2.75, 3.05) is 20.2 Å². The second-order valence-electron chi connectivity index (χ2n) is 6.97. The molecular formula is C16H34N2O. The van der Waals surface area contributed by atoms with Crippen LogP contribution in [0, 0.1) is 17.8 Å². The van der Waals surface area contributed by atoms with E-state index in [-0.39, 0.29) is 5.54 Å². The minimum Gasteiger partial charge on any atom is -0.381 e. The summed E-state index contributed by atoms with van der Waals surface area (Å²) in [5, 5.41) is 3.81. The minimum absolute atomic E-state index is 0.0982. The molecule has 0 aromatic rings. The molecule has 3 heteroatoms. The van der Waals surface area contributed by atoms with Crippen LogP contribution in [0.4, 0.5) is 0 Å². The number of ether oxygens (including phenoxy) is 1. The topological polar surface area (TPSA) is 47.3 Å². The first-order valence-electron chi connectivity index (χ1n) is 7.92. The Morgan fingerprint density at radius 2 is 1.89 bits per heavy atom. The Hall–Kier alpha value is -0.120. The molecule has 0 amide bonds. The molecule has 0 aromatic carbocycles. The molecule has 1 aliphatic carbocycles. The predicted molar refractivity (Wildman–Crippen MR) is 82.2 cm³/mol. The summed E-state index contributed by atoms with van der Waals surface area (Å²) in [6.07, 6.45) is 5.02. The maximum atomic E-state index is 6.08. The Balaban J connectivity index is 2.60. The molecule has 0 bridgehead atoms. The third-order valence-electron chi connectivity index (χ3n) is 4.95. The number of hydrogen-bond acceptors (Lipinski definition) is 3. The van der Waals surface area contributed by atoms with E-state index in [0.717, 1.165) is 19.5 Å². The summed E-state index contributed by atoms with van der Waals surface area (Å²) in [5.41, 5.74) is 6.17. The van der Waals surface area contributed by atoms with Crippen molar-refractivity contribution in [1.29, 1.82) is 0 Å². The smallest absolute Gasteiger partial charge is 0.0589 e. The van der Waals surface area contributed by atoms with Crippen molar-refractivity contribution in [2.45, 2.75) is 65.0 Å². The van der Waals surface area contributed by atoms with E-state index in [1.165, 1.54) is 19.3 Å². The maximum Gasteiger partial charge on any atom is 0.0589 e. The van der Waals surface area contributed by atoms with Crippen molar-refractivity contribution >= 4 is 0 Å². The molecule has 1 rings (SSSR count). The third-order valence-corrected chi connectivity index (χ3v) is 4.95. The van der Waals surface area contributed by atoms with E-state index >= 15 is 0 Å². The number of hydrogen-bond donors (Lipinski definition) is 2. The highest BCUT2D eigenvalue weighted by molar-refractivity contribution is 4.95. The molecule has 0 saturated heterocycles. The van der Waals surface area contributed by atoms with Gasteiger partial charge in [0.2, 0.25) is 0 Å². The van der Waals surface area contributed by atoms with Gasteiger partial charge >= 0.3 is 0 Å². The second kappa shape index (κ2) is 7.61. The van der Waals surface area contributed by atoms with Gasteiger partial charge in [-0.2, -0.15) is 0 Å². The Labute approximate surface area is 119 Å². The predicted octanol–water partition coefficient (Wildman–Crippen LogP) is 2.79. The summed E-state index contributed by atoms with van der Waals surface area (Å²) in [4.78, 5) is 0. The quantitative estimate of drug-likeness (QED) is 0.748. The first-order chi connectivity index (χ1) is 8.94. The number of nitrogens with two attached hydrogens (primary N) is 1. The van der Waals surface area contributed by atoms with Crippen molar-refractivity contribution in [2.24, 2.45) is 23.5 Å². The fraction of sp³-hybridized carbons (Fsp3) is 1.00. The van der Waals surface area contributed by atoms with Crippen LogP contribution in [-0.2, 0) is 4.74 Å². The Bertz CT molecular complexity index is 247. The molecule has 19 heavy (non-hydrogen) atoms. The highest BCUT2D eigenvalue weighted by atomic mass is 16.5. The van der Waals surface area contributed by atoms with Crippen LogP contribution in [0.1, 0.15) is 53.4 Å². The van der Waals surface area contributed by atoms with Gasteiger partial charge in [0.1, 0.15) is 0 Å². The van der Waals surface area contributed by atoms with Crippen LogP contribution in [0.15, 0.2) is 0 Å². The number of rotatable bonds is 7. The Morgan fingerprint density at radius 3 is 2.37 bits per heavy atom. The van der Waals surface area contributed by atoms with Crippen LogP contribution >= 0.6 is 0 Å². The highest BCUT2D eigenvalue weighted by Crippen LogP contribution is 2.30. The molecule has 3 nitrogen and oxygen atoms in total. The Morgan fingerprint density at radius 1 is 1.26 bits per heavy atom. The summed E-state index contributed by atoms with van der Waals surface area (Å²) in [7, 11) is 1.82. The summed E-state index contributed by atoms with van der Waals surface area (Å²) in [6.45, 7) is 11.1. The molecule has 3 N–H and O–H groups in total. The van der Waals surface area contributed by atoms with Gasteiger partial charge in [-0.3, -0.25) is 0 Å². The van der Waals surface area contributed by atoms with E-state index in [4.69, 9.17) is 10.5 Å². The van der Waals surface area contributed by atoms with Crippen LogP contribution in [0.2, 0.25) is 0 Å². The zero-order chi connectivity index (χ0) is 14.5. The molecule has 2 unspecified atom stereocenters. The molecule has 2 atom stereocenters. The molecular weight excluding hydrogens is 236 g/mol. The highest BCUT2D eigenvalue weighted by Gasteiger charge is 2.35. The van der Waals surface area contributed by atoms with E-state index in [9.17, 15) is 0 Å². The lowest BCUT2D eigenvalue weighted by Crippen LogP contribution is -2.56. The minimum atomic E-state index is 0.0982. The van der Waals surface area contributed by atoms with Crippen LogP contribution in [0.25, 0.3) is 0 Å². The van der Waals surface area contributed by atoms with E-state index < -0.39 is 0 Å². The van der Waals surface area contributed by atoms with Crippen molar-refractivity contribution in [3.63, 3.8) is 0 Å². The molecule has 1 saturated carbocycles. The zero-order valence-electron chi connectivity index (χ0n) is 13.5. The standard InChI is InChI=1S/C16H34N2O/c1-12(2)15(13(3)4)10-18-16(11-17)8-6-7-14(9-16)19-5/h12-15,18H,6-11,17H2,1-5H3. The monoisotopic (exact) mass is 270 g/mol. The van der Waals surface area contributed by atoms with Crippen molar-refractivity contribution in [1.82, 2.24) is 5.32 Å². The molecule has 0 aromatic heterocycles. The lowest BCUT2D eigenvalue weighted by Gasteiger charge is -2.42. The third kappa shape index (κ3) is 4.73. The van der Waals surface area contributed by atoms with Crippen LogP contribution < -0.4 is 11.1 Å². The van der Waals surface area contributed by atoms with Gasteiger partial charge in [-0.25, -0.2) is 0 Å². The molecule has 0 spiro atoms. The van der Waals surface area contributed by atoms with Gasteiger partial charge in [0, 0.05) is 19.2 Å². The first kappa shape index (κ1) is 16.9. The summed E-state index contributed by atoms with van der Waals surface area (Å²) in [6, 6.07) is 0. The Kier molecular flexibility index (Phi) is 6.78. The van der Waals surface area contributed by atoms with Crippen molar-refractivity contribution in [3.8, 4) is 0 Å². The first-order valence-corrected chi connectivity index (χ1v) is 7.92. The normalized spacial score (nSPS) is 28.6. The largest absolute Gasteiger partial charge is 0.381 e. The summed E-state index contributed by atoms with van der Waals surface area (Å²) >= 11 is 0. The van der Waals surface area contributed by atoms with Gasteiger partial charge < -0.3 is 15.8 Å². The SMILES string of the molecule is COC1CCCC(CN)(NCC(C(C)C)C(C)C)C1. The van der Waals surface area contributed by atoms with Gasteiger partial charge in [0.05, 0.1) is 6.10 Å². The molecule has 0 radical (unpaired) electrons. The molecule has 1 fully saturated rings. The summed E-state index contributed by atoms with van der Waals surface area (Å²) in [5.74, 6) is 2.14. The van der Waals surface area contributed by atoms with Gasteiger partial charge in [-0.05, 0) is 50.0 Å². The number of nitrogens with one attached hydrogen (secondary N) is 1. The average Bonchev–Trinajstić information content (AvgIpc) is 2.38. The summed E-state index contributed by atoms with van der Waals surface area (Å²) < 4.78 is 5.55. The second-order valence-corrected chi connectivity index (χ2v) is 6.97.